The second kappa shape index (κ2) is 5.64. The summed E-state index contributed by atoms with van der Waals surface area (Å²) < 4.78 is 0. The Morgan fingerprint density at radius 1 is 1.72 bits per heavy atom. The highest BCUT2D eigenvalue weighted by atomic mass is 32.1. The topological polar surface area (TPSA) is 99.7 Å². The first-order valence-electron chi connectivity index (χ1n) is 5.91. The van der Waals surface area contributed by atoms with Crippen molar-refractivity contribution in [3.8, 4) is 0 Å². The van der Waals surface area contributed by atoms with Crippen LogP contribution in [0.1, 0.15) is 24.6 Å². The molecule has 2 unspecified atom stereocenters. The van der Waals surface area contributed by atoms with E-state index in [1.54, 1.807) is 5.38 Å². The van der Waals surface area contributed by atoms with Gasteiger partial charge in [-0.3, -0.25) is 4.79 Å². The zero-order valence-electron chi connectivity index (χ0n) is 9.95. The third-order valence-corrected chi connectivity index (χ3v) is 4.06. The lowest BCUT2D eigenvalue weighted by Crippen LogP contribution is -2.36. The molecule has 2 heterocycles. The quantitative estimate of drug-likeness (QED) is 0.734. The molecule has 0 aromatic carbocycles. The number of anilines is 1. The lowest BCUT2D eigenvalue weighted by Gasteiger charge is -2.31. The van der Waals surface area contributed by atoms with E-state index in [2.05, 4.69) is 9.88 Å². The molecule has 7 heteroatoms. The maximum Gasteiger partial charge on any atom is 0.326 e. The number of carbonyl (C=O) groups is 1. The van der Waals surface area contributed by atoms with Crippen LogP contribution >= 0.6 is 11.3 Å². The SMILES string of the molecule is NC(C(=O)O)c1csc(N2CCCC(CO)C2)n1. The van der Waals surface area contributed by atoms with E-state index >= 15 is 0 Å². The highest BCUT2D eigenvalue weighted by Gasteiger charge is 2.23. The summed E-state index contributed by atoms with van der Waals surface area (Å²) in [6.07, 6.45) is 2.05. The van der Waals surface area contributed by atoms with Crippen LogP contribution in [-0.2, 0) is 4.79 Å². The molecule has 0 amide bonds. The molecule has 0 radical (unpaired) electrons. The minimum Gasteiger partial charge on any atom is -0.480 e. The normalized spacial score (nSPS) is 21.9. The molecule has 0 aliphatic carbocycles. The summed E-state index contributed by atoms with van der Waals surface area (Å²) in [5, 5.41) is 20.5. The maximum absolute atomic E-state index is 10.8. The van der Waals surface area contributed by atoms with Crippen molar-refractivity contribution in [2.75, 3.05) is 24.6 Å². The summed E-state index contributed by atoms with van der Waals surface area (Å²) in [6.45, 7) is 1.85. The number of thiazole rings is 1. The first-order chi connectivity index (χ1) is 8.61. The molecule has 1 aromatic heterocycles. The van der Waals surface area contributed by atoms with E-state index in [1.165, 1.54) is 11.3 Å². The highest BCUT2D eigenvalue weighted by molar-refractivity contribution is 7.13. The number of carboxylic acids is 1. The second-order valence-corrected chi connectivity index (χ2v) is 5.34. The Balaban J connectivity index is 2.07. The minimum absolute atomic E-state index is 0.184. The van der Waals surface area contributed by atoms with E-state index in [1.807, 2.05) is 0 Å². The molecule has 1 aliphatic rings. The lowest BCUT2D eigenvalue weighted by molar-refractivity contribution is -0.138. The number of carboxylic acid groups (broad SMARTS) is 1. The van der Waals surface area contributed by atoms with Crippen LogP contribution in [0.25, 0.3) is 0 Å². The van der Waals surface area contributed by atoms with Gasteiger partial charge in [0.25, 0.3) is 0 Å². The van der Waals surface area contributed by atoms with E-state index in [-0.39, 0.29) is 12.5 Å². The minimum atomic E-state index is -1.07. The van der Waals surface area contributed by atoms with Crippen LogP contribution in [0.15, 0.2) is 5.38 Å². The van der Waals surface area contributed by atoms with Crippen LogP contribution < -0.4 is 10.6 Å². The average Bonchev–Trinajstić information content (AvgIpc) is 2.87. The molecule has 2 atom stereocenters. The number of hydrogen-bond donors (Lipinski definition) is 3. The van der Waals surface area contributed by atoms with Crippen molar-refractivity contribution in [3.63, 3.8) is 0 Å². The lowest BCUT2D eigenvalue weighted by atomic mass is 10.00. The number of rotatable bonds is 4. The van der Waals surface area contributed by atoms with Crippen LogP contribution in [-0.4, -0.2) is 40.9 Å². The number of aliphatic hydroxyl groups is 1. The summed E-state index contributed by atoms with van der Waals surface area (Å²) in [5.74, 6) is -0.794. The van der Waals surface area contributed by atoms with E-state index in [0.29, 0.717) is 5.69 Å². The predicted molar refractivity (Wildman–Crippen MR) is 68.7 cm³/mol. The fourth-order valence-electron chi connectivity index (χ4n) is 2.08. The van der Waals surface area contributed by atoms with Gasteiger partial charge in [0.05, 0.1) is 5.69 Å². The van der Waals surface area contributed by atoms with E-state index in [9.17, 15) is 9.90 Å². The van der Waals surface area contributed by atoms with Crippen molar-refractivity contribution >= 4 is 22.4 Å². The molecular weight excluding hydrogens is 254 g/mol. The van der Waals surface area contributed by atoms with Crippen LogP contribution in [0.3, 0.4) is 0 Å². The molecule has 0 saturated carbocycles. The van der Waals surface area contributed by atoms with E-state index in [0.717, 1.165) is 31.1 Å². The molecular formula is C11H17N3O3S. The Labute approximate surface area is 109 Å². The molecule has 1 saturated heterocycles. The zero-order valence-corrected chi connectivity index (χ0v) is 10.8. The van der Waals surface area contributed by atoms with Crippen LogP contribution in [0, 0.1) is 5.92 Å². The first-order valence-corrected chi connectivity index (χ1v) is 6.79. The number of hydrogen-bond acceptors (Lipinski definition) is 6. The molecule has 6 nitrogen and oxygen atoms in total. The summed E-state index contributed by atoms with van der Waals surface area (Å²) in [7, 11) is 0. The van der Waals surface area contributed by atoms with Crippen LogP contribution in [0.2, 0.25) is 0 Å². The summed E-state index contributed by atoms with van der Waals surface area (Å²) in [5.41, 5.74) is 5.92. The summed E-state index contributed by atoms with van der Waals surface area (Å²) in [4.78, 5) is 17.1. The number of nitrogens with two attached hydrogens (primary N) is 1. The van der Waals surface area contributed by atoms with Gasteiger partial charge in [0.15, 0.2) is 5.13 Å². The van der Waals surface area contributed by atoms with Gasteiger partial charge >= 0.3 is 5.97 Å². The number of aromatic nitrogens is 1. The molecule has 2 rings (SSSR count). The van der Waals surface area contributed by atoms with Gasteiger partial charge in [-0.25, -0.2) is 4.98 Å². The van der Waals surface area contributed by atoms with Crippen molar-refractivity contribution in [3.05, 3.63) is 11.1 Å². The number of aliphatic carboxylic acids is 1. The van der Waals surface area contributed by atoms with Gasteiger partial charge in [0.1, 0.15) is 6.04 Å². The van der Waals surface area contributed by atoms with Gasteiger partial charge in [-0.05, 0) is 18.8 Å². The van der Waals surface area contributed by atoms with Gasteiger partial charge in [-0.1, -0.05) is 0 Å². The third-order valence-electron chi connectivity index (χ3n) is 3.14. The fourth-order valence-corrected chi connectivity index (χ4v) is 2.98. The predicted octanol–water partition coefficient (Wildman–Crippen LogP) is 0.436. The van der Waals surface area contributed by atoms with Crippen molar-refractivity contribution in [2.24, 2.45) is 11.7 Å². The Morgan fingerprint density at radius 2 is 2.50 bits per heavy atom. The number of piperidine rings is 1. The third kappa shape index (κ3) is 2.80. The summed E-state index contributed by atoms with van der Waals surface area (Å²) >= 11 is 1.40. The first kappa shape index (κ1) is 13.3. The van der Waals surface area contributed by atoms with Crippen molar-refractivity contribution < 1.29 is 15.0 Å². The van der Waals surface area contributed by atoms with Gasteiger partial charge in [0, 0.05) is 25.1 Å². The molecule has 4 N–H and O–H groups in total. The molecule has 0 bridgehead atoms. The highest BCUT2D eigenvalue weighted by Crippen LogP contribution is 2.27. The largest absolute Gasteiger partial charge is 0.480 e. The molecule has 100 valence electrons. The average molecular weight is 271 g/mol. The molecule has 1 aromatic rings. The smallest absolute Gasteiger partial charge is 0.326 e. The monoisotopic (exact) mass is 271 g/mol. The Morgan fingerprint density at radius 3 is 3.17 bits per heavy atom. The van der Waals surface area contributed by atoms with Gasteiger partial charge < -0.3 is 20.8 Å². The standard InChI is InChI=1S/C11H17N3O3S/c12-9(10(16)17)8-6-18-11(13-8)14-3-1-2-7(4-14)5-15/h6-7,9,15H,1-5,12H2,(H,16,17). The van der Waals surface area contributed by atoms with Crippen molar-refractivity contribution in [2.45, 2.75) is 18.9 Å². The summed E-state index contributed by atoms with van der Waals surface area (Å²) in [6, 6.07) is -1.06. The molecule has 1 fully saturated rings. The Kier molecular flexibility index (Phi) is 4.15. The maximum atomic E-state index is 10.8. The Hall–Kier alpha value is -1.18. The second-order valence-electron chi connectivity index (χ2n) is 4.51. The van der Waals surface area contributed by atoms with Crippen molar-refractivity contribution in [1.82, 2.24) is 4.98 Å². The molecule has 0 spiro atoms. The number of nitrogens with zero attached hydrogens (tertiary/aromatic N) is 2. The van der Waals surface area contributed by atoms with Gasteiger partial charge in [-0.15, -0.1) is 11.3 Å². The molecule has 1 aliphatic heterocycles. The van der Waals surface area contributed by atoms with E-state index < -0.39 is 12.0 Å². The van der Waals surface area contributed by atoms with Gasteiger partial charge in [-0.2, -0.15) is 0 Å². The molecule has 18 heavy (non-hydrogen) atoms. The van der Waals surface area contributed by atoms with Crippen LogP contribution in [0.4, 0.5) is 5.13 Å². The zero-order chi connectivity index (χ0) is 13.1. The van der Waals surface area contributed by atoms with Crippen LogP contribution in [0.5, 0.6) is 0 Å². The number of aliphatic hydroxyl groups excluding tert-OH is 1. The van der Waals surface area contributed by atoms with Crippen molar-refractivity contribution in [1.29, 1.82) is 0 Å². The fraction of sp³-hybridized carbons (Fsp3) is 0.636. The Bertz CT molecular complexity index is 423. The van der Waals surface area contributed by atoms with E-state index in [4.69, 9.17) is 10.8 Å². The van der Waals surface area contributed by atoms with Gasteiger partial charge in [0.2, 0.25) is 0 Å².